The van der Waals surface area contributed by atoms with Crippen LogP contribution in [0.2, 0.25) is 0 Å². The van der Waals surface area contributed by atoms with Crippen LogP contribution in [0.1, 0.15) is 30.3 Å². The van der Waals surface area contributed by atoms with Gasteiger partial charge in [-0.2, -0.15) is 0 Å². The molecule has 0 spiro atoms. The predicted molar refractivity (Wildman–Crippen MR) is 46.4 cm³/mol. The summed E-state index contributed by atoms with van der Waals surface area (Å²) in [6.45, 7) is 0.511. The van der Waals surface area contributed by atoms with E-state index >= 15 is 0 Å². The molecule has 1 aromatic rings. The highest BCUT2D eigenvalue weighted by Crippen LogP contribution is 2.40. The van der Waals surface area contributed by atoms with Crippen molar-refractivity contribution in [3.63, 3.8) is 0 Å². The number of aliphatic hydroxyl groups is 1. The topological polar surface area (TPSA) is 62.0 Å². The van der Waals surface area contributed by atoms with Crippen molar-refractivity contribution in [3.05, 3.63) is 23.5 Å². The first-order valence-electron chi connectivity index (χ1n) is 4.37. The minimum Gasteiger partial charge on any atom is -0.387 e. The lowest BCUT2D eigenvalue weighted by molar-refractivity contribution is 0.149. The number of hydrogen-bond donors (Lipinski definition) is 3. The van der Waals surface area contributed by atoms with Gasteiger partial charge in [0.25, 0.3) is 0 Å². The molecule has 0 amide bonds. The molecule has 2 rings (SSSR count). The summed E-state index contributed by atoms with van der Waals surface area (Å²) in [6.07, 6.45) is 2.00. The highest BCUT2D eigenvalue weighted by Gasteiger charge is 2.31. The third-order valence-electron chi connectivity index (χ3n) is 2.38. The van der Waals surface area contributed by atoms with Gasteiger partial charge in [-0.05, 0) is 30.9 Å². The molecule has 0 saturated heterocycles. The lowest BCUT2D eigenvalue weighted by atomic mass is 10.2. The number of aromatic amines is 1. The Kier molecular flexibility index (Phi) is 1.90. The third-order valence-corrected chi connectivity index (χ3v) is 2.38. The van der Waals surface area contributed by atoms with Crippen LogP contribution < -0.4 is 5.73 Å². The largest absolute Gasteiger partial charge is 0.387 e. The molecule has 1 aromatic heterocycles. The number of nitrogens with one attached hydrogen (secondary N) is 1. The van der Waals surface area contributed by atoms with E-state index in [2.05, 4.69) is 4.98 Å². The fourth-order valence-corrected chi connectivity index (χ4v) is 1.42. The van der Waals surface area contributed by atoms with Crippen molar-refractivity contribution in [2.75, 3.05) is 0 Å². The smallest absolute Gasteiger partial charge is 0.0965 e. The SMILES string of the molecule is NCc1ccc(C(O)C2CC2)[nH]1. The van der Waals surface area contributed by atoms with Crippen LogP contribution in [0.5, 0.6) is 0 Å². The van der Waals surface area contributed by atoms with Crippen LogP contribution in [-0.4, -0.2) is 10.1 Å². The van der Waals surface area contributed by atoms with Crippen LogP contribution in [0.15, 0.2) is 12.1 Å². The van der Waals surface area contributed by atoms with E-state index < -0.39 is 0 Å². The van der Waals surface area contributed by atoms with Gasteiger partial charge in [-0.25, -0.2) is 0 Å². The van der Waals surface area contributed by atoms with Crippen LogP contribution >= 0.6 is 0 Å². The van der Waals surface area contributed by atoms with Gasteiger partial charge in [-0.1, -0.05) is 0 Å². The van der Waals surface area contributed by atoms with Crippen molar-refractivity contribution in [1.82, 2.24) is 4.98 Å². The maximum absolute atomic E-state index is 9.70. The van der Waals surface area contributed by atoms with E-state index in [0.717, 1.165) is 24.2 Å². The number of H-pyrrole nitrogens is 1. The molecule has 3 nitrogen and oxygen atoms in total. The number of aliphatic hydroxyl groups excluding tert-OH is 1. The normalized spacial score (nSPS) is 19.5. The molecule has 66 valence electrons. The molecule has 4 N–H and O–H groups in total. The quantitative estimate of drug-likeness (QED) is 0.625. The predicted octanol–water partition coefficient (Wildman–Crippen LogP) is 0.917. The minimum atomic E-state index is -0.301. The van der Waals surface area contributed by atoms with Gasteiger partial charge >= 0.3 is 0 Å². The first kappa shape index (κ1) is 7.83. The summed E-state index contributed by atoms with van der Waals surface area (Å²) in [5, 5.41) is 9.70. The van der Waals surface area contributed by atoms with Crippen molar-refractivity contribution in [1.29, 1.82) is 0 Å². The van der Waals surface area contributed by atoms with Gasteiger partial charge in [0.2, 0.25) is 0 Å². The molecule has 1 fully saturated rings. The Morgan fingerprint density at radius 3 is 2.83 bits per heavy atom. The molecule has 0 radical (unpaired) electrons. The molecular weight excluding hydrogens is 152 g/mol. The number of aromatic nitrogens is 1. The number of hydrogen-bond acceptors (Lipinski definition) is 2. The summed E-state index contributed by atoms with van der Waals surface area (Å²) in [6, 6.07) is 3.85. The van der Waals surface area contributed by atoms with Gasteiger partial charge in [0.15, 0.2) is 0 Å². The second-order valence-corrected chi connectivity index (χ2v) is 3.43. The average molecular weight is 166 g/mol. The van der Waals surface area contributed by atoms with Gasteiger partial charge < -0.3 is 15.8 Å². The number of nitrogens with two attached hydrogens (primary N) is 1. The van der Waals surface area contributed by atoms with Gasteiger partial charge in [0.05, 0.1) is 6.10 Å². The van der Waals surface area contributed by atoms with Crippen LogP contribution in [0.4, 0.5) is 0 Å². The summed E-state index contributed by atoms with van der Waals surface area (Å²) in [5.41, 5.74) is 7.35. The zero-order chi connectivity index (χ0) is 8.55. The first-order valence-corrected chi connectivity index (χ1v) is 4.37. The Morgan fingerprint density at radius 2 is 2.33 bits per heavy atom. The zero-order valence-electron chi connectivity index (χ0n) is 6.96. The van der Waals surface area contributed by atoms with Gasteiger partial charge in [0.1, 0.15) is 0 Å². The molecule has 0 aliphatic heterocycles. The van der Waals surface area contributed by atoms with Gasteiger partial charge in [0, 0.05) is 17.9 Å². The molecule has 1 aliphatic rings. The highest BCUT2D eigenvalue weighted by molar-refractivity contribution is 5.16. The second kappa shape index (κ2) is 2.92. The summed E-state index contributed by atoms with van der Waals surface area (Å²) in [4.78, 5) is 3.11. The van der Waals surface area contributed by atoms with E-state index in [-0.39, 0.29) is 6.10 Å². The van der Waals surface area contributed by atoms with E-state index in [1.807, 2.05) is 12.1 Å². The summed E-state index contributed by atoms with van der Waals surface area (Å²) in [5.74, 6) is 0.481. The zero-order valence-corrected chi connectivity index (χ0v) is 6.96. The average Bonchev–Trinajstić information content (AvgIpc) is 2.82. The van der Waals surface area contributed by atoms with E-state index in [4.69, 9.17) is 5.73 Å². The maximum Gasteiger partial charge on any atom is 0.0965 e. The molecule has 1 heterocycles. The molecule has 0 aromatic carbocycles. The Morgan fingerprint density at radius 1 is 1.58 bits per heavy atom. The molecule has 1 atom stereocenters. The summed E-state index contributed by atoms with van der Waals surface area (Å²) >= 11 is 0. The minimum absolute atomic E-state index is 0.301. The first-order chi connectivity index (χ1) is 5.81. The monoisotopic (exact) mass is 166 g/mol. The fourth-order valence-electron chi connectivity index (χ4n) is 1.42. The fraction of sp³-hybridized carbons (Fsp3) is 0.556. The van der Waals surface area contributed by atoms with Crippen molar-refractivity contribution in [3.8, 4) is 0 Å². The van der Waals surface area contributed by atoms with Crippen LogP contribution in [0, 0.1) is 5.92 Å². The van der Waals surface area contributed by atoms with Gasteiger partial charge in [-0.15, -0.1) is 0 Å². The molecule has 1 saturated carbocycles. The highest BCUT2D eigenvalue weighted by atomic mass is 16.3. The van der Waals surface area contributed by atoms with Crippen molar-refractivity contribution in [2.45, 2.75) is 25.5 Å². The lowest BCUT2D eigenvalue weighted by Gasteiger charge is -2.05. The molecular formula is C9H14N2O. The molecule has 3 heteroatoms. The standard InChI is InChI=1S/C9H14N2O/c10-5-7-3-4-8(11-7)9(12)6-1-2-6/h3-4,6,9,11-12H,1-2,5,10H2. The summed E-state index contributed by atoms with van der Waals surface area (Å²) in [7, 11) is 0. The lowest BCUT2D eigenvalue weighted by Crippen LogP contribution is -2.01. The molecule has 0 bridgehead atoms. The molecule has 12 heavy (non-hydrogen) atoms. The Hall–Kier alpha value is -0.800. The Balaban J connectivity index is 2.10. The van der Waals surface area contributed by atoms with E-state index in [0.29, 0.717) is 12.5 Å². The third kappa shape index (κ3) is 1.38. The van der Waals surface area contributed by atoms with Gasteiger partial charge in [-0.3, -0.25) is 0 Å². The van der Waals surface area contributed by atoms with Crippen molar-refractivity contribution < 1.29 is 5.11 Å². The van der Waals surface area contributed by atoms with Crippen LogP contribution in [0.3, 0.4) is 0 Å². The molecule has 1 aliphatic carbocycles. The van der Waals surface area contributed by atoms with Crippen LogP contribution in [0.25, 0.3) is 0 Å². The maximum atomic E-state index is 9.70. The van der Waals surface area contributed by atoms with Crippen LogP contribution in [-0.2, 0) is 6.54 Å². The second-order valence-electron chi connectivity index (χ2n) is 3.43. The van der Waals surface area contributed by atoms with E-state index in [1.54, 1.807) is 0 Å². The Labute approximate surface area is 71.6 Å². The van der Waals surface area contributed by atoms with E-state index in [9.17, 15) is 5.11 Å². The Bertz CT molecular complexity index is 265. The van der Waals surface area contributed by atoms with Crippen molar-refractivity contribution in [2.24, 2.45) is 11.7 Å². The number of rotatable bonds is 3. The van der Waals surface area contributed by atoms with Crippen molar-refractivity contribution >= 4 is 0 Å². The molecule has 1 unspecified atom stereocenters. The summed E-state index contributed by atoms with van der Waals surface area (Å²) < 4.78 is 0. The van der Waals surface area contributed by atoms with E-state index in [1.165, 1.54) is 0 Å².